The molecule has 0 aromatic carbocycles. The second-order valence-corrected chi connectivity index (χ2v) is 4.88. The van der Waals surface area contributed by atoms with Crippen LogP contribution < -0.4 is 5.73 Å². The first kappa shape index (κ1) is 10.7. The summed E-state index contributed by atoms with van der Waals surface area (Å²) in [7, 11) is 0. The molecule has 0 spiro atoms. The average Bonchev–Trinajstić information content (AvgIpc) is 2.72. The van der Waals surface area contributed by atoms with E-state index in [0.29, 0.717) is 12.0 Å². The molecule has 3 atom stereocenters. The molecule has 1 aliphatic rings. The Kier molecular flexibility index (Phi) is 2.59. The molecule has 1 aromatic heterocycles. The van der Waals surface area contributed by atoms with Crippen LogP contribution in [0.15, 0.2) is 12.4 Å². The number of hydrogen-bond acceptors (Lipinski definition) is 2. The average molecular weight is 207 g/mol. The highest BCUT2D eigenvalue weighted by Crippen LogP contribution is 2.53. The van der Waals surface area contributed by atoms with E-state index in [1.807, 2.05) is 10.9 Å². The smallest absolute Gasteiger partial charge is 0.0524 e. The normalized spacial score (nSPS) is 35.2. The van der Waals surface area contributed by atoms with Crippen molar-refractivity contribution in [2.24, 2.45) is 11.1 Å². The van der Waals surface area contributed by atoms with Gasteiger partial charge in [-0.15, -0.1) is 0 Å². The van der Waals surface area contributed by atoms with Gasteiger partial charge < -0.3 is 5.73 Å². The fourth-order valence-corrected chi connectivity index (χ4v) is 2.65. The molecular weight excluding hydrogens is 186 g/mol. The first-order chi connectivity index (χ1) is 7.11. The zero-order chi connectivity index (χ0) is 11.1. The van der Waals surface area contributed by atoms with E-state index >= 15 is 0 Å². The summed E-state index contributed by atoms with van der Waals surface area (Å²) in [6.07, 6.45) is 6.44. The molecule has 2 N–H and O–H groups in total. The minimum absolute atomic E-state index is 0.279. The van der Waals surface area contributed by atoms with E-state index in [9.17, 15) is 0 Å². The van der Waals surface area contributed by atoms with Crippen molar-refractivity contribution in [3.8, 4) is 0 Å². The minimum atomic E-state index is 0.279. The minimum Gasteiger partial charge on any atom is -0.327 e. The van der Waals surface area contributed by atoms with Crippen molar-refractivity contribution in [2.75, 3.05) is 0 Å². The Balaban J connectivity index is 2.19. The van der Waals surface area contributed by atoms with E-state index in [1.54, 1.807) is 0 Å². The van der Waals surface area contributed by atoms with Crippen LogP contribution >= 0.6 is 0 Å². The number of hydrogen-bond donors (Lipinski definition) is 1. The third-order valence-electron chi connectivity index (χ3n) is 4.27. The van der Waals surface area contributed by atoms with Gasteiger partial charge in [0.05, 0.1) is 6.20 Å². The van der Waals surface area contributed by atoms with Gasteiger partial charge in [0.15, 0.2) is 0 Å². The summed E-state index contributed by atoms with van der Waals surface area (Å²) in [5.74, 6) is 0.609. The largest absolute Gasteiger partial charge is 0.327 e. The van der Waals surface area contributed by atoms with E-state index in [4.69, 9.17) is 5.73 Å². The lowest BCUT2D eigenvalue weighted by Crippen LogP contribution is -2.54. The van der Waals surface area contributed by atoms with Crippen LogP contribution in [0.2, 0.25) is 0 Å². The Morgan fingerprint density at radius 3 is 2.80 bits per heavy atom. The third kappa shape index (κ3) is 1.49. The van der Waals surface area contributed by atoms with Gasteiger partial charge in [-0.2, -0.15) is 5.10 Å². The Bertz CT molecular complexity index is 344. The topological polar surface area (TPSA) is 43.8 Å². The van der Waals surface area contributed by atoms with E-state index in [1.165, 1.54) is 5.56 Å². The molecule has 0 bridgehead atoms. The second-order valence-electron chi connectivity index (χ2n) is 4.88. The fraction of sp³-hybridized carbons (Fsp3) is 0.750. The van der Waals surface area contributed by atoms with Gasteiger partial charge in [-0.25, -0.2) is 0 Å². The predicted octanol–water partition coefficient (Wildman–Crippen LogP) is 2.13. The standard InChI is InChI=1S/C12H21N3/c1-4-12(3)10(6-11(12)13)9-7-14-15(5-2)8-9/h7-8,10-11H,4-6,13H2,1-3H3. The van der Waals surface area contributed by atoms with Gasteiger partial charge in [-0.1, -0.05) is 13.8 Å². The van der Waals surface area contributed by atoms with Gasteiger partial charge in [0, 0.05) is 18.8 Å². The molecule has 1 aliphatic carbocycles. The van der Waals surface area contributed by atoms with Crippen LogP contribution in [0.4, 0.5) is 0 Å². The van der Waals surface area contributed by atoms with Gasteiger partial charge in [0.1, 0.15) is 0 Å². The quantitative estimate of drug-likeness (QED) is 0.825. The van der Waals surface area contributed by atoms with Crippen molar-refractivity contribution in [1.29, 1.82) is 0 Å². The summed E-state index contributed by atoms with van der Waals surface area (Å²) in [5, 5.41) is 4.34. The summed E-state index contributed by atoms with van der Waals surface area (Å²) in [5.41, 5.74) is 7.75. The number of aromatic nitrogens is 2. The van der Waals surface area contributed by atoms with Crippen LogP contribution in [0.5, 0.6) is 0 Å². The van der Waals surface area contributed by atoms with E-state index < -0.39 is 0 Å². The van der Waals surface area contributed by atoms with Crippen molar-refractivity contribution < 1.29 is 0 Å². The molecule has 3 nitrogen and oxygen atoms in total. The maximum Gasteiger partial charge on any atom is 0.0524 e. The molecular formula is C12H21N3. The number of nitrogens with two attached hydrogens (primary N) is 1. The molecule has 0 radical (unpaired) electrons. The summed E-state index contributed by atoms with van der Waals surface area (Å²) in [6, 6.07) is 0.359. The maximum absolute atomic E-state index is 6.11. The third-order valence-corrected chi connectivity index (χ3v) is 4.27. The van der Waals surface area contributed by atoms with Crippen LogP contribution in [0.25, 0.3) is 0 Å². The zero-order valence-corrected chi connectivity index (χ0v) is 9.90. The van der Waals surface area contributed by atoms with Crippen molar-refractivity contribution >= 4 is 0 Å². The maximum atomic E-state index is 6.11. The lowest BCUT2D eigenvalue weighted by molar-refractivity contribution is 0.0705. The molecule has 15 heavy (non-hydrogen) atoms. The molecule has 84 valence electrons. The Hall–Kier alpha value is -0.830. The van der Waals surface area contributed by atoms with Gasteiger partial charge in [-0.3, -0.25) is 4.68 Å². The fourth-order valence-electron chi connectivity index (χ4n) is 2.65. The highest BCUT2D eigenvalue weighted by atomic mass is 15.3. The molecule has 1 saturated carbocycles. The summed E-state index contributed by atoms with van der Waals surface area (Å²) >= 11 is 0. The Morgan fingerprint density at radius 2 is 2.33 bits per heavy atom. The SMILES string of the molecule is CCn1cc(C2CC(N)C2(C)CC)cn1. The molecule has 2 rings (SSSR count). The zero-order valence-electron chi connectivity index (χ0n) is 9.90. The lowest BCUT2D eigenvalue weighted by Gasteiger charge is -2.52. The van der Waals surface area contributed by atoms with Crippen molar-refractivity contribution in [1.82, 2.24) is 9.78 Å². The molecule has 0 aliphatic heterocycles. The van der Waals surface area contributed by atoms with E-state index in [2.05, 4.69) is 32.1 Å². The first-order valence-corrected chi connectivity index (χ1v) is 5.89. The molecule has 1 fully saturated rings. The monoisotopic (exact) mass is 207 g/mol. The molecule has 3 unspecified atom stereocenters. The second kappa shape index (κ2) is 3.63. The molecule has 0 saturated heterocycles. The van der Waals surface area contributed by atoms with Crippen LogP contribution in [-0.2, 0) is 6.54 Å². The van der Waals surface area contributed by atoms with Gasteiger partial charge in [0.25, 0.3) is 0 Å². The summed E-state index contributed by atoms with van der Waals surface area (Å²) in [6.45, 7) is 7.59. The number of nitrogens with zero attached hydrogens (tertiary/aromatic N) is 2. The number of rotatable bonds is 3. The van der Waals surface area contributed by atoms with Crippen LogP contribution in [-0.4, -0.2) is 15.8 Å². The van der Waals surface area contributed by atoms with Crippen molar-refractivity contribution in [3.05, 3.63) is 18.0 Å². The van der Waals surface area contributed by atoms with Gasteiger partial charge in [-0.05, 0) is 36.7 Å². The van der Waals surface area contributed by atoms with E-state index in [0.717, 1.165) is 19.4 Å². The summed E-state index contributed by atoms with van der Waals surface area (Å²) < 4.78 is 2.00. The molecule has 1 heterocycles. The lowest BCUT2D eigenvalue weighted by atomic mass is 9.55. The molecule has 0 amide bonds. The summed E-state index contributed by atoms with van der Waals surface area (Å²) in [4.78, 5) is 0. The predicted molar refractivity (Wildman–Crippen MR) is 61.6 cm³/mol. The highest BCUT2D eigenvalue weighted by Gasteiger charge is 2.49. The number of aryl methyl sites for hydroxylation is 1. The van der Waals surface area contributed by atoms with Crippen LogP contribution in [0.1, 0.15) is 45.1 Å². The van der Waals surface area contributed by atoms with Gasteiger partial charge >= 0.3 is 0 Å². The van der Waals surface area contributed by atoms with Crippen molar-refractivity contribution in [2.45, 2.75) is 52.1 Å². The molecule has 1 aromatic rings. The van der Waals surface area contributed by atoms with Crippen LogP contribution in [0, 0.1) is 5.41 Å². The highest BCUT2D eigenvalue weighted by molar-refractivity contribution is 5.23. The Morgan fingerprint density at radius 1 is 1.60 bits per heavy atom. The Labute approximate surface area is 91.7 Å². The van der Waals surface area contributed by atoms with Crippen molar-refractivity contribution in [3.63, 3.8) is 0 Å². The molecule has 3 heteroatoms. The van der Waals surface area contributed by atoms with Crippen LogP contribution in [0.3, 0.4) is 0 Å². The first-order valence-electron chi connectivity index (χ1n) is 5.89. The van der Waals surface area contributed by atoms with Gasteiger partial charge in [0.2, 0.25) is 0 Å². The van der Waals surface area contributed by atoms with E-state index in [-0.39, 0.29) is 5.41 Å².